The molecule has 0 radical (unpaired) electrons. The van der Waals surface area contributed by atoms with E-state index in [9.17, 15) is 4.79 Å². The molecular weight excluding hydrogens is 370 g/mol. The molecule has 1 unspecified atom stereocenters. The van der Waals surface area contributed by atoms with Gasteiger partial charge in [0.25, 0.3) is 0 Å². The Balaban J connectivity index is 3.38. The molecule has 0 saturated carbocycles. The fourth-order valence-corrected chi connectivity index (χ4v) is 4.12. The van der Waals surface area contributed by atoms with Crippen LogP contribution in [0, 0.1) is 0 Å². The van der Waals surface area contributed by atoms with E-state index in [1.54, 1.807) is 0 Å². The van der Waals surface area contributed by atoms with Crippen LogP contribution in [0.4, 0.5) is 0 Å². The molecule has 178 valence electrons. The van der Waals surface area contributed by atoms with Crippen LogP contribution in [0.5, 0.6) is 0 Å². The Bertz CT molecular complexity index is 392. The molecule has 1 atom stereocenters. The third-order valence-corrected chi connectivity index (χ3v) is 6.21. The fourth-order valence-electron chi connectivity index (χ4n) is 4.12. The molecule has 0 heterocycles. The van der Waals surface area contributed by atoms with Gasteiger partial charge in [0.1, 0.15) is 0 Å². The van der Waals surface area contributed by atoms with Crippen LogP contribution in [-0.2, 0) is 4.79 Å². The Labute approximate surface area is 188 Å². The lowest BCUT2D eigenvalue weighted by molar-refractivity contribution is -0.137. The summed E-state index contributed by atoms with van der Waals surface area (Å²) in [6, 6.07) is 0.789. The Hall–Kier alpha value is -0.830. The minimum Gasteiger partial charge on any atom is -0.481 e. The summed E-state index contributed by atoms with van der Waals surface area (Å²) in [5.41, 5.74) is 0. The second-order valence-electron chi connectivity index (χ2n) is 9.34. The minimum absolute atomic E-state index is 0.329. The molecule has 0 rings (SSSR count). The van der Waals surface area contributed by atoms with Crippen LogP contribution in [0.3, 0.4) is 0 Å². The lowest BCUT2D eigenvalue weighted by Gasteiger charge is -2.24. The molecule has 0 aliphatic heterocycles. The highest BCUT2D eigenvalue weighted by atomic mass is 16.4. The molecule has 0 fully saturated rings. The summed E-state index contributed by atoms with van der Waals surface area (Å²) >= 11 is 0. The van der Waals surface area contributed by atoms with Gasteiger partial charge in [0.15, 0.2) is 0 Å². The molecule has 1 N–H and O–H groups in total. The first-order valence-corrected chi connectivity index (χ1v) is 13.1. The maximum absolute atomic E-state index is 10.4. The number of carboxylic acids is 1. The third kappa shape index (κ3) is 21.9. The first-order valence-electron chi connectivity index (χ1n) is 13.1. The Morgan fingerprint density at radius 2 is 1.13 bits per heavy atom. The van der Waals surface area contributed by atoms with E-state index in [0.29, 0.717) is 6.42 Å². The number of hydrogen-bond acceptors (Lipinski definition) is 2. The first-order chi connectivity index (χ1) is 14.6. The highest BCUT2D eigenvalue weighted by molar-refractivity contribution is 5.66. The maximum Gasteiger partial charge on any atom is 0.303 e. The first kappa shape index (κ1) is 29.2. The topological polar surface area (TPSA) is 40.5 Å². The SMILES string of the molecule is CCCCCCC(CCCCCCCCC=CCCCCCCCC(=O)O)N(C)C. The number of carbonyl (C=O) groups is 1. The van der Waals surface area contributed by atoms with Crippen LogP contribution in [0.1, 0.15) is 135 Å². The van der Waals surface area contributed by atoms with Gasteiger partial charge in [0, 0.05) is 12.5 Å². The molecule has 0 amide bonds. The normalized spacial score (nSPS) is 12.8. The predicted octanol–water partition coefficient (Wildman–Crippen LogP) is 8.38. The van der Waals surface area contributed by atoms with Crippen LogP contribution in [0.15, 0.2) is 12.2 Å². The monoisotopic (exact) mass is 423 g/mol. The Morgan fingerprint density at radius 3 is 1.60 bits per heavy atom. The van der Waals surface area contributed by atoms with Gasteiger partial charge in [-0.1, -0.05) is 96.1 Å². The van der Waals surface area contributed by atoms with Crippen LogP contribution in [-0.4, -0.2) is 36.1 Å². The average molecular weight is 424 g/mol. The number of carboxylic acid groups (broad SMARTS) is 1. The molecule has 0 bridgehead atoms. The fraction of sp³-hybridized carbons (Fsp3) is 0.889. The van der Waals surface area contributed by atoms with E-state index in [1.165, 1.54) is 109 Å². The molecule has 0 saturated heterocycles. The number of hydrogen-bond donors (Lipinski definition) is 1. The predicted molar refractivity (Wildman–Crippen MR) is 132 cm³/mol. The van der Waals surface area contributed by atoms with Crippen molar-refractivity contribution in [1.29, 1.82) is 0 Å². The van der Waals surface area contributed by atoms with Gasteiger partial charge in [0.05, 0.1) is 0 Å². The summed E-state index contributed by atoms with van der Waals surface area (Å²) in [6.07, 6.45) is 29.6. The van der Waals surface area contributed by atoms with E-state index >= 15 is 0 Å². The standard InChI is InChI=1S/C27H53NO2/c1-4-5-6-20-23-26(28(2)3)24-21-18-16-14-12-10-8-7-9-11-13-15-17-19-22-25-27(29)30/h7,9,26H,4-6,8,10-25H2,1-3H3,(H,29,30). The number of allylic oxidation sites excluding steroid dienone is 2. The van der Waals surface area contributed by atoms with Crippen LogP contribution >= 0.6 is 0 Å². The van der Waals surface area contributed by atoms with Crippen molar-refractivity contribution in [3.05, 3.63) is 12.2 Å². The van der Waals surface area contributed by atoms with E-state index in [4.69, 9.17) is 5.11 Å². The lowest BCUT2D eigenvalue weighted by atomic mass is 9.99. The van der Waals surface area contributed by atoms with E-state index in [1.807, 2.05) is 0 Å². The largest absolute Gasteiger partial charge is 0.481 e. The van der Waals surface area contributed by atoms with E-state index in [-0.39, 0.29) is 0 Å². The van der Waals surface area contributed by atoms with Crippen molar-refractivity contribution in [1.82, 2.24) is 4.90 Å². The zero-order valence-electron chi connectivity index (χ0n) is 20.7. The maximum atomic E-state index is 10.4. The molecule has 0 aliphatic rings. The van der Waals surface area contributed by atoms with E-state index < -0.39 is 5.97 Å². The number of nitrogens with zero attached hydrogens (tertiary/aromatic N) is 1. The molecule has 0 aliphatic carbocycles. The number of rotatable bonds is 23. The zero-order valence-corrected chi connectivity index (χ0v) is 20.7. The summed E-state index contributed by atoms with van der Waals surface area (Å²) in [5.74, 6) is -0.663. The van der Waals surface area contributed by atoms with Crippen LogP contribution < -0.4 is 0 Å². The van der Waals surface area contributed by atoms with E-state index in [0.717, 1.165) is 18.9 Å². The quantitative estimate of drug-likeness (QED) is 0.132. The molecule has 0 spiro atoms. The van der Waals surface area contributed by atoms with Gasteiger partial charge < -0.3 is 10.0 Å². The van der Waals surface area contributed by atoms with Crippen LogP contribution in [0.25, 0.3) is 0 Å². The molecule has 30 heavy (non-hydrogen) atoms. The Kier molecular flexibility index (Phi) is 22.2. The summed E-state index contributed by atoms with van der Waals surface area (Å²) in [6.45, 7) is 2.29. The summed E-state index contributed by atoms with van der Waals surface area (Å²) < 4.78 is 0. The summed E-state index contributed by atoms with van der Waals surface area (Å²) in [7, 11) is 4.50. The van der Waals surface area contributed by atoms with Crippen molar-refractivity contribution in [3.63, 3.8) is 0 Å². The highest BCUT2D eigenvalue weighted by Gasteiger charge is 2.10. The van der Waals surface area contributed by atoms with Crippen molar-refractivity contribution in [3.8, 4) is 0 Å². The van der Waals surface area contributed by atoms with Gasteiger partial charge in [0.2, 0.25) is 0 Å². The molecule has 0 aromatic heterocycles. The van der Waals surface area contributed by atoms with Gasteiger partial charge >= 0.3 is 5.97 Å². The average Bonchev–Trinajstić information content (AvgIpc) is 2.71. The van der Waals surface area contributed by atoms with Gasteiger partial charge in [-0.05, 0) is 59.0 Å². The zero-order chi connectivity index (χ0) is 22.3. The Morgan fingerprint density at radius 1 is 0.700 bits per heavy atom. The van der Waals surface area contributed by atoms with Crippen molar-refractivity contribution in [2.45, 2.75) is 141 Å². The second-order valence-corrected chi connectivity index (χ2v) is 9.34. The molecule has 0 aromatic rings. The minimum atomic E-state index is -0.663. The molecule has 3 nitrogen and oxygen atoms in total. The van der Waals surface area contributed by atoms with Gasteiger partial charge in [-0.2, -0.15) is 0 Å². The number of unbranched alkanes of at least 4 members (excludes halogenated alkanes) is 14. The van der Waals surface area contributed by atoms with Crippen LogP contribution in [0.2, 0.25) is 0 Å². The second kappa shape index (κ2) is 22.8. The third-order valence-electron chi connectivity index (χ3n) is 6.21. The van der Waals surface area contributed by atoms with Gasteiger partial charge in [-0.15, -0.1) is 0 Å². The van der Waals surface area contributed by atoms with Crippen molar-refractivity contribution in [2.75, 3.05) is 14.1 Å². The highest BCUT2D eigenvalue weighted by Crippen LogP contribution is 2.17. The summed E-state index contributed by atoms with van der Waals surface area (Å²) in [5, 5.41) is 8.60. The molecule has 0 aromatic carbocycles. The van der Waals surface area contributed by atoms with Gasteiger partial charge in [-0.3, -0.25) is 4.79 Å². The summed E-state index contributed by atoms with van der Waals surface area (Å²) in [4.78, 5) is 12.9. The molecular formula is C27H53NO2. The van der Waals surface area contributed by atoms with Crippen molar-refractivity contribution >= 4 is 5.97 Å². The van der Waals surface area contributed by atoms with Crippen molar-refractivity contribution < 1.29 is 9.90 Å². The van der Waals surface area contributed by atoms with E-state index in [2.05, 4.69) is 38.1 Å². The lowest BCUT2D eigenvalue weighted by Crippen LogP contribution is -2.27. The van der Waals surface area contributed by atoms with Gasteiger partial charge in [-0.25, -0.2) is 0 Å². The van der Waals surface area contributed by atoms with Crippen molar-refractivity contribution in [2.24, 2.45) is 0 Å². The molecule has 3 heteroatoms. The number of aliphatic carboxylic acids is 1. The smallest absolute Gasteiger partial charge is 0.303 e.